The molecule has 3 N–H and O–H groups in total. The Morgan fingerprint density at radius 3 is 2.67 bits per heavy atom. The number of hydrogen-bond acceptors (Lipinski definition) is 3. The highest BCUT2D eigenvalue weighted by Crippen LogP contribution is 2.28. The third kappa shape index (κ3) is 3.71. The maximum atomic E-state index is 12.1. The van der Waals surface area contributed by atoms with Gasteiger partial charge < -0.3 is 15.8 Å². The molecule has 0 radical (unpaired) electrons. The molecule has 1 atom stereocenters. The van der Waals surface area contributed by atoms with E-state index in [1.807, 2.05) is 26.0 Å². The number of ether oxygens (including phenoxy) is 1. The van der Waals surface area contributed by atoms with Crippen molar-refractivity contribution in [3.8, 4) is 5.75 Å². The van der Waals surface area contributed by atoms with Crippen molar-refractivity contribution in [2.75, 3.05) is 19.0 Å². The largest absolute Gasteiger partial charge is 0.495 e. The van der Waals surface area contributed by atoms with E-state index in [0.29, 0.717) is 18.0 Å². The smallest absolute Gasteiger partial charge is 0.229 e. The molecule has 0 aliphatic carbocycles. The van der Waals surface area contributed by atoms with Gasteiger partial charge in [-0.2, -0.15) is 0 Å². The average Bonchev–Trinajstić information content (AvgIpc) is 2.29. The van der Waals surface area contributed by atoms with Crippen LogP contribution in [-0.4, -0.2) is 19.6 Å². The fourth-order valence-electron chi connectivity index (χ4n) is 1.69. The Hall–Kier alpha value is -1.07. The molecule has 5 heteroatoms. The van der Waals surface area contributed by atoms with Gasteiger partial charge in [-0.05, 0) is 24.1 Å². The van der Waals surface area contributed by atoms with Crippen LogP contribution < -0.4 is 15.8 Å². The van der Waals surface area contributed by atoms with Gasteiger partial charge in [0.05, 0.1) is 18.7 Å². The van der Waals surface area contributed by atoms with Gasteiger partial charge in [0.15, 0.2) is 0 Å². The van der Waals surface area contributed by atoms with Gasteiger partial charge in [0, 0.05) is 11.0 Å². The quantitative estimate of drug-likeness (QED) is 0.878. The fraction of sp³-hybridized carbons (Fsp3) is 0.462. The first-order chi connectivity index (χ1) is 8.49. The molecule has 1 unspecified atom stereocenters. The Labute approximate surface area is 116 Å². The Balaban J connectivity index is 2.89. The van der Waals surface area contributed by atoms with Gasteiger partial charge in [0.2, 0.25) is 5.91 Å². The molecule has 1 amide bonds. The lowest BCUT2D eigenvalue weighted by Gasteiger charge is -2.19. The van der Waals surface area contributed by atoms with Gasteiger partial charge in [0.1, 0.15) is 5.75 Å². The Kier molecular flexibility index (Phi) is 5.62. The average molecular weight is 315 g/mol. The minimum absolute atomic E-state index is 0.0797. The molecule has 100 valence electrons. The molecule has 1 rings (SSSR count). The van der Waals surface area contributed by atoms with Crippen LogP contribution in [0.3, 0.4) is 0 Å². The molecular formula is C13H19BrN2O2. The molecule has 1 aromatic carbocycles. The van der Waals surface area contributed by atoms with Gasteiger partial charge in [-0.15, -0.1) is 0 Å². The lowest BCUT2D eigenvalue weighted by molar-refractivity contribution is -0.120. The number of nitrogens with one attached hydrogen (secondary N) is 1. The van der Waals surface area contributed by atoms with E-state index in [2.05, 4.69) is 21.2 Å². The van der Waals surface area contributed by atoms with Crippen molar-refractivity contribution < 1.29 is 9.53 Å². The minimum Gasteiger partial charge on any atom is -0.495 e. The summed E-state index contributed by atoms with van der Waals surface area (Å²) in [5.74, 6) is 0.553. The zero-order chi connectivity index (χ0) is 13.7. The summed E-state index contributed by atoms with van der Waals surface area (Å²) in [5.41, 5.74) is 6.28. The highest BCUT2D eigenvalue weighted by atomic mass is 79.9. The second kappa shape index (κ2) is 6.75. The molecule has 0 aliphatic heterocycles. The normalized spacial score (nSPS) is 12.3. The van der Waals surface area contributed by atoms with Gasteiger partial charge in [-0.3, -0.25) is 4.79 Å². The molecule has 0 saturated carbocycles. The predicted molar refractivity (Wildman–Crippen MR) is 76.7 cm³/mol. The van der Waals surface area contributed by atoms with E-state index in [-0.39, 0.29) is 17.7 Å². The van der Waals surface area contributed by atoms with E-state index in [1.54, 1.807) is 13.2 Å². The van der Waals surface area contributed by atoms with Crippen LogP contribution in [0.1, 0.15) is 13.8 Å². The first-order valence-electron chi connectivity index (χ1n) is 5.84. The summed E-state index contributed by atoms with van der Waals surface area (Å²) >= 11 is 3.37. The summed E-state index contributed by atoms with van der Waals surface area (Å²) in [6, 6.07) is 5.47. The molecule has 0 saturated heterocycles. The summed E-state index contributed by atoms with van der Waals surface area (Å²) in [6.07, 6.45) is 0. The topological polar surface area (TPSA) is 64.3 Å². The van der Waals surface area contributed by atoms with E-state index >= 15 is 0 Å². The van der Waals surface area contributed by atoms with Crippen molar-refractivity contribution in [2.45, 2.75) is 13.8 Å². The number of rotatable bonds is 5. The van der Waals surface area contributed by atoms with Crippen LogP contribution in [-0.2, 0) is 4.79 Å². The highest BCUT2D eigenvalue weighted by Gasteiger charge is 2.21. The molecular weight excluding hydrogens is 296 g/mol. The van der Waals surface area contributed by atoms with Gasteiger partial charge in [0.25, 0.3) is 0 Å². The summed E-state index contributed by atoms with van der Waals surface area (Å²) < 4.78 is 6.09. The van der Waals surface area contributed by atoms with Crippen molar-refractivity contribution in [3.63, 3.8) is 0 Å². The number of benzene rings is 1. The monoisotopic (exact) mass is 314 g/mol. The number of carbonyl (C=O) groups excluding carboxylic acids is 1. The van der Waals surface area contributed by atoms with E-state index in [0.717, 1.165) is 4.47 Å². The van der Waals surface area contributed by atoms with Gasteiger partial charge in [-0.25, -0.2) is 0 Å². The summed E-state index contributed by atoms with van der Waals surface area (Å²) in [6.45, 7) is 4.30. The van der Waals surface area contributed by atoms with Crippen LogP contribution in [0.2, 0.25) is 0 Å². The first-order valence-corrected chi connectivity index (χ1v) is 6.63. The van der Waals surface area contributed by atoms with Crippen LogP contribution in [0, 0.1) is 11.8 Å². The van der Waals surface area contributed by atoms with Crippen molar-refractivity contribution in [1.29, 1.82) is 0 Å². The lowest BCUT2D eigenvalue weighted by atomic mass is 9.95. The number of amides is 1. The van der Waals surface area contributed by atoms with Crippen LogP contribution in [0.15, 0.2) is 22.7 Å². The molecule has 0 bridgehead atoms. The zero-order valence-electron chi connectivity index (χ0n) is 10.9. The molecule has 4 nitrogen and oxygen atoms in total. The SMILES string of the molecule is COc1ccc(Br)cc1NC(=O)C(CN)C(C)C. The van der Waals surface area contributed by atoms with Crippen LogP contribution in [0.4, 0.5) is 5.69 Å². The first kappa shape index (κ1) is 15.0. The third-order valence-corrected chi connectivity index (χ3v) is 3.31. The molecule has 0 aromatic heterocycles. The molecule has 0 heterocycles. The maximum absolute atomic E-state index is 12.1. The molecule has 0 spiro atoms. The van der Waals surface area contributed by atoms with Crippen LogP contribution >= 0.6 is 15.9 Å². The minimum atomic E-state index is -0.200. The second-order valence-corrected chi connectivity index (χ2v) is 5.34. The number of anilines is 1. The highest BCUT2D eigenvalue weighted by molar-refractivity contribution is 9.10. The Bertz CT molecular complexity index is 421. The predicted octanol–water partition coefficient (Wildman–Crippen LogP) is 2.63. The molecule has 18 heavy (non-hydrogen) atoms. The molecule has 0 fully saturated rings. The zero-order valence-corrected chi connectivity index (χ0v) is 12.5. The summed E-state index contributed by atoms with van der Waals surface area (Å²) in [4.78, 5) is 12.1. The van der Waals surface area contributed by atoms with Gasteiger partial charge in [-0.1, -0.05) is 29.8 Å². The Morgan fingerprint density at radius 2 is 2.17 bits per heavy atom. The standard InChI is InChI=1S/C13H19BrN2O2/c1-8(2)10(7-15)13(17)16-11-6-9(14)4-5-12(11)18-3/h4-6,8,10H,7,15H2,1-3H3,(H,16,17). The van der Waals surface area contributed by atoms with Crippen LogP contribution in [0.5, 0.6) is 5.75 Å². The summed E-state index contributed by atoms with van der Waals surface area (Å²) in [7, 11) is 1.57. The summed E-state index contributed by atoms with van der Waals surface area (Å²) in [5, 5.41) is 2.86. The van der Waals surface area contributed by atoms with Crippen molar-refractivity contribution in [2.24, 2.45) is 17.6 Å². The lowest BCUT2D eigenvalue weighted by Crippen LogP contribution is -2.33. The number of hydrogen-bond donors (Lipinski definition) is 2. The number of carbonyl (C=O) groups is 1. The molecule has 1 aromatic rings. The van der Waals surface area contributed by atoms with E-state index < -0.39 is 0 Å². The fourth-order valence-corrected chi connectivity index (χ4v) is 2.05. The van der Waals surface area contributed by atoms with E-state index in [1.165, 1.54) is 0 Å². The second-order valence-electron chi connectivity index (χ2n) is 4.42. The Morgan fingerprint density at radius 1 is 1.50 bits per heavy atom. The third-order valence-electron chi connectivity index (χ3n) is 2.81. The van der Waals surface area contributed by atoms with E-state index in [4.69, 9.17) is 10.5 Å². The van der Waals surface area contributed by atoms with Crippen molar-refractivity contribution in [1.82, 2.24) is 0 Å². The van der Waals surface area contributed by atoms with Crippen molar-refractivity contribution >= 4 is 27.5 Å². The molecule has 0 aliphatic rings. The van der Waals surface area contributed by atoms with Crippen LogP contribution in [0.25, 0.3) is 0 Å². The van der Waals surface area contributed by atoms with Gasteiger partial charge >= 0.3 is 0 Å². The van der Waals surface area contributed by atoms with E-state index in [9.17, 15) is 4.79 Å². The number of methoxy groups -OCH3 is 1. The number of nitrogens with two attached hydrogens (primary N) is 1. The van der Waals surface area contributed by atoms with Crippen molar-refractivity contribution in [3.05, 3.63) is 22.7 Å². The number of halogens is 1. The maximum Gasteiger partial charge on any atom is 0.229 e.